The summed E-state index contributed by atoms with van der Waals surface area (Å²) in [5.74, 6) is 1.86. The van der Waals surface area contributed by atoms with Gasteiger partial charge in [0, 0.05) is 37.5 Å². The molecule has 1 saturated heterocycles. The van der Waals surface area contributed by atoms with Gasteiger partial charge in [0.1, 0.15) is 11.6 Å². The van der Waals surface area contributed by atoms with Crippen molar-refractivity contribution in [2.75, 3.05) is 53.6 Å². The Labute approximate surface area is 194 Å². The first kappa shape index (κ1) is 24.3. The standard InChI is InChI=1S/C23H33N3O5S/c1-17(2)23(27)26(9-8-25-10-12-30-13-11-25)14-18-16-32-21(24-18)15-31-22-19(28-3)6-5-7-20(22)29-4/h5-7,16-17H,8-15H2,1-4H3. The molecule has 1 aliphatic heterocycles. The zero-order valence-electron chi connectivity index (χ0n) is 19.3. The van der Waals surface area contributed by atoms with Crippen molar-refractivity contribution in [2.45, 2.75) is 27.0 Å². The highest BCUT2D eigenvalue weighted by atomic mass is 32.1. The van der Waals surface area contributed by atoms with E-state index in [1.54, 1.807) is 14.2 Å². The van der Waals surface area contributed by atoms with Crippen LogP contribution in [0.5, 0.6) is 17.2 Å². The lowest BCUT2D eigenvalue weighted by Gasteiger charge is -2.30. The Bertz CT molecular complexity index is 845. The van der Waals surface area contributed by atoms with Crippen LogP contribution >= 0.6 is 11.3 Å². The van der Waals surface area contributed by atoms with Crippen LogP contribution in [-0.4, -0.2) is 74.3 Å². The van der Waals surface area contributed by atoms with Gasteiger partial charge in [-0.1, -0.05) is 19.9 Å². The van der Waals surface area contributed by atoms with Gasteiger partial charge in [0.15, 0.2) is 11.5 Å². The molecule has 0 saturated carbocycles. The number of aromatic nitrogens is 1. The number of rotatable bonds is 11. The summed E-state index contributed by atoms with van der Waals surface area (Å²) in [5, 5.41) is 2.83. The summed E-state index contributed by atoms with van der Waals surface area (Å²) in [6.45, 7) is 9.52. The van der Waals surface area contributed by atoms with E-state index in [2.05, 4.69) is 4.90 Å². The molecule has 2 heterocycles. The van der Waals surface area contributed by atoms with Gasteiger partial charge in [-0.2, -0.15) is 0 Å². The monoisotopic (exact) mass is 463 g/mol. The minimum atomic E-state index is -0.0564. The highest BCUT2D eigenvalue weighted by Crippen LogP contribution is 2.37. The molecule has 0 bridgehead atoms. The van der Waals surface area contributed by atoms with Crippen molar-refractivity contribution in [3.8, 4) is 17.2 Å². The number of ether oxygens (including phenoxy) is 4. The fraction of sp³-hybridized carbons (Fsp3) is 0.565. The molecule has 2 aromatic rings. The Morgan fingerprint density at radius 1 is 1.22 bits per heavy atom. The average Bonchev–Trinajstić information content (AvgIpc) is 3.27. The van der Waals surface area contributed by atoms with E-state index in [-0.39, 0.29) is 11.8 Å². The minimum absolute atomic E-state index is 0.0564. The fourth-order valence-electron chi connectivity index (χ4n) is 3.50. The Morgan fingerprint density at radius 3 is 2.53 bits per heavy atom. The topological polar surface area (TPSA) is 73.4 Å². The van der Waals surface area contributed by atoms with E-state index in [9.17, 15) is 4.79 Å². The number of amides is 1. The summed E-state index contributed by atoms with van der Waals surface area (Å²) in [7, 11) is 3.20. The highest BCUT2D eigenvalue weighted by molar-refractivity contribution is 7.09. The third kappa shape index (κ3) is 6.57. The molecule has 1 aliphatic rings. The molecule has 0 radical (unpaired) electrons. The predicted octanol–water partition coefficient (Wildman–Crippen LogP) is 3.06. The number of carbonyl (C=O) groups excluding carboxylic acids is 1. The van der Waals surface area contributed by atoms with Crippen molar-refractivity contribution in [2.24, 2.45) is 5.92 Å². The lowest BCUT2D eigenvalue weighted by molar-refractivity contribution is -0.135. The molecular formula is C23H33N3O5S. The van der Waals surface area contributed by atoms with Crippen molar-refractivity contribution in [3.63, 3.8) is 0 Å². The lowest BCUT2D eigenvalue weighted by Crippen LogP contribution is -2.43. The van der Waals surface area contributed by atoms with E-state index in [1.165, 1.54) is 11.3 Å². The zero-order chi connectivity index (χ0) is 22.9. The molecule has 0 aliphatic carbocycles. The van der Waals surface area contributed by atoms with Gasteiger partial charge in [0.05, 0.1) is 39.7 Å². The van der Waals surface area contributed by atoms with Gasteiger partial charge in [-0.25, -0.2) is 4.98 Å². The van der Waals surface area contributed by atoms with Gasteiger partial charge in [0.25, 0.3) is 0 Å². The second-order valence-corrected chi connectivity index (χ2v) is 8.82. The quantitative estimate of drug-likeness (QED) is 0.507. The molecule has 0 atom stereocenters. The van der Waals surface area contributed by atoms with Crippen LogP contribution in [0.3, 0.4) is 0 Å². The summed E-state index contributed by atoms with van der Waals surface area (Å²) >= 11 is 1.52. The van der Waals surface area contributed by atoms with Crippen molar-refractivity contribution in [1.82, 2.24) is 14.8 Å². The second kappa shape index (κ2) is 12.0. The summed E-state index contributed by atoms with van der Waals surface area (Å²) in [5.41, 5.74) is 0.872. The molecule has 8 nitrogen and oxygen atoms in total. The predicted molar refractivity (Wildman–Crippen MR) is 124 cm³/mol. The summed E-state index contributed by atoms with van der Waals surface area (Å²) in [6.07, 6.45) is 0. The van der Waals surface area contributed by atoms with E-state index >= 15 is 0 Å². The van der Waals surface area contributed by atoms with Crippen LogP contribution in [0.4, 0.5) is 0 Å². The van der Waals surface area contributed by atoms with Crippen LogP contribution in [0.2, 0.25) is 0 Å². The molecule has 176 valence electrons. The molecule has 3 rings (SSSR count). The van der Waals surface area contributed by atoms with Crippen LogP contribution < -0.4 is 14.2 Å². The molecule has 0 unspecified atom stereocenters. The number of carbonyl (C=O) groups is 1. The molecule has 1 aromatic carbocycles. The fourth-order valence-corrected chi connectivity index (χ4v) is 4.19. The van der Waals surface area contributed by atoms with Crippen LogP contribution in [0.15, 0.2) is 23.6 Å². The van der Waals surface area contributed by atoms with Gasteiger partial charge in [-0.15, -0.1) is 11.3 Å². The Morgan fingerprint density at radius 2 is 1.91 bits per heavy atom. The maximum absolute atomic E-state index is 12.8. The lowest BCUT2D eigenvalue weighted by atomic mass is 10.2. The van der Waals surface area contributed by atoms with E-state index in [0.717, 1.165) is 43.5 Å². The molecule has 9 heteroatoms. The number of nitrogens with zero attached hydrogens (tertiary/aromatic N) is 3. The van der Waals surface area contributed by atoms with Crippen molar-refractivity contribution >= 4 is 17.2 Å². The molecule has 1 fully saturated rings. The molecule has 1 aromatic heterocycles. The molecule has 0 N–H and O–H groups in total. The first-order chi connectivity index (χ1) is 15.5. The highest BCUT2D eigenvalue weighted by Gasteiger charge is 2.21. The molecular weight excluding hydrogens is 430 g/mol. The van der Waals surface area contributed by atoms with Gasteiger partial charge >= 0.3 is 0 Å². The number of para-hydroxylation sites is 1. The Kier molecular flexibility index (Phi) is 9.13. The van der Waals surface area contributed by atoms with Crippen molar-refractivity contribution in [1.29, 1.82) is 0 Å². The molecule has 0 spiro atoms. The maximum atomic E-state index is 12.8. The van der Waals surface area contributed by atoms with Crippen LogP contribution in [0.1, 0.15) is 24.5 Å². The number of methoxy groups -OCH3 is 2. The Hall–Kier alpha value is -2.36. The maximum Gasteiger partial charge on any atom is 0.225 e. The normalized spacial score (nSPS) is 14.4. The molecule has 1 amide bonds. The smallest absolute Gasteiger partial charge is 0.225 e. The first-order valence-electron chi connectivity index (χ1n) is 10.9. The summed E-state index contributed by atoms with van der Waals surface area (Å²) < 4.78 is 22.1. The number of hydrogen-bond acceptors (Lipinski definition) is 8. The summed E-state index contributed by atoms with van der Waals surface area (Å²) in [6, 6.07) is 5.51. The van der Waals surface area contributed by atoms with Gasteiger partial charge in [0.2, 0.25) is 11.7 Å². The SMILES string of the molecule is COc1cccc(OC)c1OCc1nc(CN(CCN2CCOCC2)C(=O)C(C)C)cs1. The van der Waals surface area contributed by atoms with E-state index < -0.39 is 0 Å². The molecule has 32 heavy (non-hydrogen) atoms. The number of benzene rings is 1. The Balaban J connectivity index is 1.61. The summed E-state index contributed by atoms with van der Waals surface area (Å²) in [4.78, 5) is 21.7. The first-order valence-corrected chi connectivity index (χ1v) is 11.8. The van der Waals surface area contributed by atoms with Crippen molar-refractivity contribution < 1.29 is 23.7 Å². The zero-order valence-corrected chi connectivity index (χ0v) is 20.2. The average molecular weight is 464 g/mol. The van der Waals surface area contributed by atoms with Crippen molar-refractivity contribution in [3.05, 3.63) is 34.3 Å². The third-order valence-electron chi connectivity index (χ3n) is 5.27. The van der Waals surface area contributed by atoms with Gasteiger partial charge in [-0.05, 0) is 12.1 Å². The second-order valence-electron chi connectivity index (χ2n) is 7.88. The van der Waals surface area contributed by atoms with Gasteiger partial charge in [-0.3, -0.25) is 9.69 Å². The third-order valence-corrected chi connectivity index (χ3v) is 6.14. The van der Waals surface area contributed by atoms with Crippen LogP contribution in [0.25, 0.3) is 0 Å². The van der Waals surface area contributed by atoms with Crippen LogP contribution in [-0.2, 0) is 22.7 Å². The minimum Gasteiger partial charge on any atom is -0.493 e. The van der Waals surface area contributed by atoms with Crippen LogP contribution in [0, 0.1) is 5.92 Å². The van der Waals surface area contributed by atoms with E-state index in [4.69, 9.17) is 23.9 Å². The van der Waals surface area contributed by atoms with E-state index in [0.29, 0.717) is 36.9 Å². The van der Waals surface area contributed by atoms with E-state index in [1.807, 2.05) is 42.3 Å². The number of hydrogen-bond donors (Lipinski definition) is 0. The number of thiazole rings is 1. The largest absolute Gasteiger partial charge is 0.493 e. The number of morpholine rings is 1. The van der Waals surface area contributed by atoms with Gasteiger partial charge < -0.3 is 23.8 Å².